The lowest BCUT2D eigenvalue weighted by Crippen LogP contribution is -2.36. The maximum absolute atomic E-state index is 14.2. The number of nitrogens with zero attached hydrogens (tertiary/aromatic N) is 1. The molecule has 0 bridgehead atoms. The highest BCUT2D eigenvalue weighted by atomic mass is 19.1. The minimum Gasteiger partial charge on any atom is -0.486 e. The van der Waals surface area contributed by atoms with Crippen LogP contribution < -0.4 is 14.8 Å². The zero-order valence-corrected chi connectivity index (χ0v) is 18.1. The van der Waals surface area contributed by atoms with Crippen molar-refractivity contribution < 1.29 is 28.7 Å². The molecule has 1 heterocycles. The number of amides is 1. The normalized spacial score (nSPS) is 21.2. The number of hydrogen-bond donors (Lipinski definition) is 2. The fourth-order valence-electron chi connectivity index (χ4n) is 5.03. The summed E-state index contributed by atoms with van der Waals surface area (Å²) in [7, 11) is 0. The van der Waals surface area contributed by atoms with Crippen LogP contribution in [-0.2, 0) is 11.2 Å². The second kappa shape index (κ2) is 8.84. The second-order valence-electron chi connectivity index (χ2n) is 8.77. The van der Waals surface area contributed by atoms with Crippen molar-refractivity contribution in [3.63, 3.8) is 0 Å². The summed E-state index contributed by atoms with van der Waals surface area (Å²) in [6, 6.07) is 7.70. The van der Waals surface area contributed by atoms with Crippen molar-refractivity contribution in [1.82, 2.24) is 5.32 Å². The van der Waals surface area contributed by atoms with Crippen molar-refractivity contribution in [2.24, 2.45) is 5.16 Å². The number of benzene rings is 2. The van der Waals surface area contributed by atoms with E-state index in [0.29, 0.717) is 47.0 Å². The number of oxime groups is 1. The van der Waals surface area contributed by atoms with Gasteiger partial charge in [-0.1, -0.05) is 30.5 Å². The molecule has 7 nitrogen and oxygen atoms in total. The fourth-order valence-corrected chi connectivity index (χ4v) is 5.03. The molecule has 2 aromatic rings. The van der Waals surface area contributed by atoms with E-state index in [-0.39, 0.29) is 29.9 Å². The highest BCUT2D eigenvalue weighted by Gasteiger charge is 2.38. The average Bonchev–Trinajstić information content (AvgIpc) is 3.09. The summed E-state index contributed by atoms with van der Waals surface area (Å²) < 4.78 is 25.4. The van der Waals surface area contributed by atoms with Gasteiger partial charge in [0.25, 0.3) is 5.91 Å². The van der Waals surface area contributed by atoms with Gasteiger partial charge < -0.3 is 20.0 Å². The van der Waals surface area contributed by atoms with Crippen LogP contribution in [0, 0.1) is 5.82 Å². The Morgan fingerprint density at radius 1 is 1.12 bits per heavy atom. The molecule has 1 atom stereocenters. The van der Waals surface area contributed by atoms with Crippen molar-refractivity contribution in [1.29, 1.82) is 0 Å². The molecule has 33 heavy (non-hydrogen) atoms. The minimum atomic E-state index is -0.732. The van der Waals surface area contributed by atoms with E-state index in [1.54, 1.807) is 18.2 Å². The van der Waals surface area contributed by atoms with Gasteiger partial charge in [-0.15, -0.1) is 0 Å². The maximum atomic E-state index is 14.2. The number of ether oxygens (including phenoxy) is 2. The van der Waals surface area contributed by atoms with Crippen LogP contribution in [-0.4, -0.2) is 41.9 Å². The smallest absolute Gasteiger partial charge is 0.251 e. The van der Waals surface area contributed by atoms with Crippen molar-refractivity contribution in [3.8, 4) is 11.5 Å². The van der Waals surface area contributed by atoms with Crippen LogP contribution in [0.15, 0.2) is 35.5 Å². The number of hydrogen-bond acceptors (Lipinski definition) is 6. The molecule has 2 aromatic carbocycles. The largest absolute Gasteiger partial charge is 0.486 e. The molecular weight excluding hydrogens is 427 g/mol. The molecule has 2 aliphatic carbocycles. The lowest BCUT2D eigenvalue weighted by atomic mass is 9.91. The molecule has 172 valence electrons. The first kappa shape index (κ1) is 21.4. The Kier molecular flexibility index (Phi) is 5.74. The molecule has 5 rings (SSSR count). The van der Waals surface area contributed by atoms with E-state index < -0.39 is 11.7 Å². The molecule has 2 N–H and O–H groups in total. The maximum Gasteiger partial charge on any atom is 0.251 e. The van der Waals surface area contributed by atoms with Gasteiger partial charge in [0.1, 0.15) is 19.0 Å². The number of nitrogens with one attached hydrogen (secondary N) is 1. The van der Waals surface area contributed by atoms with E-state index in [1.807, 2.05) is 0 Å². The van der Waals surface area contributed by atoms with Gasteiger partial charge in [-0.2, -0.15) is 0 Å². The van der Waals surface area contributed by atoms with E-state index in [2.05, 4.69) is 10.5 Å². The highest BCUT2D eigenvalue weighted by molar-refractivity contribution is 6.51. The van der Waals surface area contributed by atoms with Crippen LogP contribution in [0.5, 0.6) is 11.5 Å². The van der Waals surface area contributed by atoms with Gasteiger partial charge in [-0.05, 0) is 43.0 Å². The number of Topliss-reactive ketones (excluding diaryl/α,β-unsaturated/α-hetero) is 1. The summed E-state index contributed by atoms with van der Waals surface area (Å²) >= 11 is 0. The van der Waals surface area contributed by atoms with Crippen molar-refractivity contribution >= 4 is 17.4 Å². The van der Waals surface area contributed by atoms with Crippen LogP contribution in [0.25, 0.3) is 0 Å². The summed E-state index contributed by atoms with van der Waals surface area (Å²) in [5.74, 6) is -1.07. The molecule has 8 heteroatoms. The third-order valence-electron chi connectivity index (χ3n) is 6.64. The zero-order valence-electron chi connectivity index (χ0n) is 18.1. The standard InChI is InChI=1S/C25H25FN2O5/c26-16-10-15(24-21(13-16)32-8-9-33-24)12-20-19-11-14(6-7-18(19)22(28-31)23(20)29)25(30)27-17-4-2-1-3-5-17/h6-7,10-11,13,17,20,31H,1-5,8-9,12H2,(H,27,30)/b28-22-. The quantitative estimate of drug-likeness (QED) is 0.544. The van der Waals surface area contributed by atoms with E-state index in [4.69, 9.17) is 9.47 Å². The third kappa shape index (κ3) is 4.05. The second-order valence-corrected chi connectivity index (χ2v) is 8.77. The van der Waals surface area contributed by atoms with E-state index in [9.17, 15) is 19.2 Å². The molecule has 1 amide bonds. The van der Waals surface area contributed by atoms with Crippen LogP contribution >= 0.6 is 0 Å². The van der Waals surface area contributed by atoms with Gasteiger partial charge in [0.2, 0.25) is 0 Å². The third-order valence-corrected chi connectivity index (χ3v) is 6.64. The molecule has 3 aliphatic rings. The number of halogens is 1. The van der Waals surface area contributed by atoms with Crippen molar-refractivity contribution in [3.05, 3.63) is 58.4 Å². The summed E-state index contributed by atoms with van der Waals surface area (Å²) in [5, 5.41) is 15.8. The van der Waals surface area contributed by atoms with E-state index in [0.717, 1.165) is 25.7 Å². The fraction of sp³-hybridized carbons (Fsp3) is 0.400. The van der Waals surface area contributed by atoms with Gasteiger partial charge in [-0.3, -0.25) is 9.59 Å². The molecule has 0 radical (unpaired) electrons. The zero-order chi connectivity index (χ0) is 22.9. The van der Waals surface area contributed by atoms with Crippen molar-refractivity contribution in [2.45, 2.75) is 50.5 Å². The average molecular weight is 452 g/mol. The minimum absolute atomic E-state index is 0.0586. The van der Waals surface area contributed by atoms with Gasteiger partial charge in [0, 0.05) is 28.8 Å². The molecule has 0 aromatic heterocycles. The molecule has 1 aliphatic heterocycles. The topological polar surface area (TPSA) is 97.2 Å². The highest BCUT2D eigenvalue weighted by Crippen LogP contribution is 2.40. The van der Waals surface area contributed by atoms with Crippen LogP contribution in [0.3, 0.4) is 0 Å². The summed E-state index contributed by atoms with van der Waals surface area (Å²) in [5.41, 5.74) is 1.93. The number of ketones is 1. The Balaban J connectivity index is 1.47. The first-order valence-corrected chi connectivity index (χ1v) is 11.3. The number of fused-ring (bicyclic) bond motifs is 2. The van der Waals surface area contributed by atoms with Crippen molar-refractivity contribution in [2.75, 3.05) is 13.2 Å². The Labute approximate surface area is 190 Å². The van der Waals surface area contributed by atoms with Gasteiger partial charge in [0.15, 0.2) is 23.0 Å². The number of carbonyl (C=O) groups excluding carboxylic acids is 2. The predicted octanol–water partition coefficient (Wildman–Crippen LogP) is 3.75. The van der Waals surface area contributed by atoms with Crippen LogP contribution in [0.4, 0.5) is 4.39 Å². The summed E-state index contributed by atoms with van der Waals surface area (Å²) in [4.78, 5) is 26.0. The molecule has 1 fully saturated rings. The lowest BCUT2D eigenvalue weighted by Gasteiger charge is -2.23. The Morgan fingerprint density at radius 3 is 2.70 bits per heavy atom. The van der Waals surface area contributed by atoms with E-state index >= 15 is 0 Å². The van der Waals surface area contributed by atoms with Gasteiger partial charge >= 0.3 is 0 Å². The molecule has 1 saturated carbocycles. The SMILES string of the molecule is O=C(NC1CCCCC1)c1ccc2c(c1)C(Cc1cc(F)cc3c1OCCO3)C(=O)/C2=N\O. The van der Waals surface area contributed by atoms with Crippen LogP contribution in [0.2, 0.25) is 0 Å². The Hall–Kier alpha value is -3.42. The molecule has 1 unspecified atom stereocenters. The van der Waals surface area contributed by atoms with Gasteiger partial charge in [-0.25, -0.2) is 4.39 Å². The first-order valence-electron chi connectivity index (χ1n) is 11.3. The Morgan fingerprint density at radius 2 is 1.91 bits per heavy atom. The van der Waals surface area contributed by atoms with Gasteiger partial charge in [0.05, 0.1) is 5.92 Å². The first-order chi connectivity index (χ1) is 16.0. The number of carbonyl (C=O) groups is 2. The summed E-state index contributed by atoms with van der Waals surface area (Å²) in [6.45, 7) is 0.650. The lowest BCUT2D eigenvalue weighted by molar-refractivity contribution is -0.113. The van der Waals surface area contributed by atoms with Crippen LogP contribution in [0.1, 0.15) is 65.1 Å². The predicted molar refractivity (Wildman–Crippen MR) is 118 cm³/mol. The molecular formula is C25H25FN2O5. The summed E-state index contributed by atoms with van der Waals surface area (Å²) in [6.07, 6.45) is 5.45. The number of rotatable bonds is 4. The molecule has 0 saturated heterocycles. The van der Waals surface area contributed by atoms with E-state index in [1.165, 1.54) is 18.6 Å². The molecule has 0 spiro atoms. The Bertz CT molecular complexity index is 1140. The monoisotopic (exact) mass is 452 g/mol.